The van der Waals surface area contributed by atoms with Crippen molar-refractivity contribution in [1.82, 2.24) is 4.98 Å². The normalized spacial score (nSPS) is 16.3. The molecule has 1 aliphatic rings. The minimum absolute atomic E-state index is 0.00601. The van der Waals surface area contributed by atoms with Crippen molar-refractivity contribution in [2.24, 2.45) is 0 Å². The molecule has 0 bridgehead atoms. The Morgan fingerprint density at radius 3 is 2.86 bits per heavy atom. The molecule has 4 nitrogen and oxygen atoms in total. The lowest BCUT2D eigenvalue weighted by molar-refractivity contribution is 0.0688. The smallest absolute Gasteiger partial charge is 0.358 e. The second-order valence-corrected chi connectivity index (χ2v) is 5.92. The average molecular weight is 297 g/mol. The fraction of sp³-hybridized carbons (Fsp3) is 0.125. The van der Waals surface area contributed by atoms with E-state index in [1.54, 1.807) is 0 Å². The van der Waals surface area contributed by atoms with Crippen LogP contribution in [0.1, 0.15) is 33.3 Å². The average Bonchev–Trinajstić information content (AvgIpc) is 3.08. The van der Waals surface area contributed by atoms with E-state index < -0.39 is 5.97 Å². The third-order valence-corrected chi connectivity index (χ3v) is 4.62. The highest BCUT2D eigenvalue weighted by molar-refractivity contribution is 7.13. The Bertz CT molecular complexity index is 820. The maximum Gasteiger partial charge on any atom is 0.358 e. The maximum absolute atomic E-state index is 11.4. The standard InChI is InChI=1S/C16H11NO3S/c18-16(19)13-14(11-8-9-4-1-2-5-10(9)11)20-15(17-13)12-6-3-7-21-12/h1-7,11H,8H2,(H,18,19). The summed E-state index contributed by atoms with van der Waals surface area (Å²) in [6.07, 6.45) is 0.801. The number of benzene rings is 1. The molecule has 21 heavy (non-hydrogen) atoms. The Morgan fingerprint density at radius 1 is 1.29 bits per heavy atom. The lowest BCUT2D eigenvalue weighted by Crippen LogP contribution is -2.19. The molecule has 0 saturated heterocycles. The van der Waals surface area contributed by atoms with E-state index in [1.165, 1.54) is 16.9 Å². The molecule has 3 aromatic rings. The molecule has 1 aliphatic carbocycles. The number of carboxylic acids is 1. The van der Waals surface area contributed by atoms with E-state index in [-0.39, 0.29) is 11.6 Å². The predicted octanol–water partition coefficient (Wildman–Crippen LogP) is 3.79. The number of nitrogens with zero attached hydrogens (tertiary/aromatic N) is 1. The van der Waals surface area contributed by atoms with Gasteiger partial charge >= 0.3 is 5.97 Å². The van der Waals surface area contributed by atoms with Crippen LogP contribution in [0.25, 0.3) is 10.8 Å². The molecule has 104 valence electrons. The van der Waals surface area contributed by atoms with Crippen LogP contribution in [0.2, 0.25) is 0 Å². The van der Waals surface area contributed by atoms with Crippen molar-refractivity contribution >= 4 is 17.3 Å². The first kappa shape index (κ1) is 12.3. The van der Waals surface area contributed by atoms with Crippen LogP contribution in [-0.4, -0.2) is 16.1 Å². The zero-order chi connectivity index (χ0) is 14.4. The van der Waals surface area contributed by atoms with Crippen molar-refractivity contribution < 1.29 is 14.3 Å². The van der Waals surface area contributed by atoms with Crippen LogP contribution in [0.4, 0.5) is 0 Å². The van der Waals surface area contributed by atoms with Crippen LogP contribution >= 0.6 is 11.3 Å². The fourth-order valence-corrected chi connectivity index (χ4v) is 3.37. The molecule has 1 atom stereocenters. The maximum atomic E-state index is 11.4. The van der Waals surface area contributed by atoms with E-state index in [2.05, 4.69) is 11.1 Å². The lowest BCUT2D eigenvalue weighted by Gasteiger charge is -2.28. The highest BCUT2D eigenvalue weighted by Crippen LogP contribution is 2.42. The Labute approximate surface area is 124 Å². The van der Waals surface area contributed by atoms with Crippen LogP contribution in [0.5, 0.6) is 0 Å². The van der Waals surface area contributed by atoms with Gasteiger partial charge in [0.25, 0.3) is 0 Å². The number of aromatic carboxylic acids is 1. The van der Waals surface area contributed by atoms with E-state index in [9.17, 15) is 9.90 Å². The summed E-state index contributed by atoms with van der Waals surface area (Å²) in [5.74, 6) is -0.194. The summed E-state index contributed by atoms with van der Waals surface area (Å²) in [7, 11) is 0. The molecule has 0 saturated carbocycles. The molecule has 5 heteroatoms. The van der Waals surface area contributed by atoms with E-state index in [0.717, 1.165) is 16.9 Å². The molecule has 1 unspecified atom stereocenters. The van der Waals surface area contributed by atoms with Gasteiger partial charge in [-0.25, -0.2) is 9.78 Å². The highest BCUT2D eigenvalue weighted by atomic mass is 32.1. The Balaban J connectivity index is 1.81. The molecule has 0 amide bonds. The van der Waals surface area contributed by atoms with Gasteiger partial charge in [0.15, 0.2) is 5.69 Å². The number of hydrogen-bond donors (Lipinski definition) is 1. The summed E-state index contributed by atoms with van der Waals surface area (Å²) >= 11 is 1.48. The number of thiophene rings is 1. The first-order valence-electron chi connectivity index (χ1n) is 6.59. The number of oxazole rings is 1. The number of hydrogen-bond acceptors (Lipinski definition) is 4. The molecule has 4 rings (SSSR count). The van der Waals surface area contributed by atoms with Crippen LogP contribution in [0.15, 0.2) is 46.2 Å². The minimum Gasteiger partial charge on any atom is -0.476 e. The molecular formula is C16H11NO3S. The quantitative estimate of drug-likeness (QED) is 0.799. The van der Waals surface area contributed by atoms with Crippen LogP contribution in [-0.2, 0) is 6.42 Å². The van der Waals surface area contributed by atoms with Crippen LogP contribution in [0, 0.1) is 0 Å². The van der Waals surface area contributed by atoms with Gasteiger partial charge in [0.2, 0.25) is 5.89 Å². The molecule has 0 radical (unpaired) electrons. The van der Waals surface area contributed by atoms with Gasteiger partial charge in [-0.3, -0.25) is 0 Å². The molecule has 1 aromatic carbocycles. The van der Waals surface area contributed by atoms with E-state index in [4.69, 9.17) is 4.42 Å². The predicted molar refractivity (Wildman–Crippen MR) is 78.8 cm³/mol. The lowest BCUT2D eigenvalue weighted by atomic mass is 9.76. The van der Waals surface area contributed by atoms with Crippen LogP contribution < -0.4 is 0 Å². The summed E-state index contributed by atoms with van der Waals surface area (Å²) in [5, 5.41) is 11.3. The van der Waals surface area contributed by atoms with E-state index >= 15 is 0 Å². The van der Waals surface area contributed by atoms with Gasteiger partial charge < -0.3 is 9.52 Å². The van der Waals surface area contributed by atoms with Crippen molar-refractivity contribution in [3.05, 3.63) is 64.4 Å². The minimum atomic E-state index is -1.04. The molecule has 1 N–H and O–H groups in total. The Kier molecular flexibility index (Phi) is 2.68. The van der Waals surface area contributed by atoms with Gasteiger partial charge in [0.1, 0.15) is 5.76 Å². The summed E-state index contributed by atoms with van der Waals surface area (Å²) in [4.78, 5) is 16.5. The first-order chi connectivity index (χ1) is 10.2. The highest BCUT2D eigenvalue weighted by Gasteiger charge is 2.35. The fourth-order valence-electron chi connectivity index (χ4n) is 2.72. The van der Waals surface area contributed by atoms with E-state index in [1.807, 2.05) is 35.7 Å². The van der Waals surface area contributed by atoms with Crippen molar-refractivity contribution in [3.63, 3.8) is 0 Å². The van der Waals surface area contributed by atoms with Gasteiger partial charge in [-0.2, -0.15) is 0 Å². The van der Waals surface area contributed by atoms with Crippen molar-refractivity contribution in [2.45, 2.75) is 12.3 Å². The van der Waals surface area contributed by atoms with Gasteiger partial charge in [-0.15, -0.1) is 11.3 Å². The van der Waals surface area contributed by atoms with Crippen molar-refractivity contribution in [1.29, 1.82) is 0 Å². The molecule has 2 aromatic heterocycles. The van der Waals surface area contributed by atoms with Crippen molar-refractivity contribution in [2.75, 3.05) is 0 Å². The second kappa shape index (κ2) is 4.56. The number of carbonyl (C=O) groups is 1. The second-order valence-electron chi connectivity index (χ2n) is 4.97. The third kappa shape index (κ3) is 1.89. The SMILES string of the molecule is O=C(O)c1nc(-c2cccs2)oc1C1Cc2ccccc21. The van der Waals surface area contributed by atoms with Gasteiger partial charge in [0, 0.05) is 5.92 Å². The molecule has 0 spiro atoms. The summed E-state index contributed by atoms with van der Waals surface area (Å²) in [5.41, 5.74) is 2.40. The van der Waals surface area contributed by atoms with Crippen LogP contribution in [0.3, 0.4) is 0 Å². The van der Waals surface area contributed by atoms with E-state index in [0.29, 0.717) is 11.7 Å². The zero-order valence-electron chi connectivity index (χ0n) is 10.9. The monoisotopic (exact) mass is 297 g/mol. The third-order valence-electron chi connectivity index (χ3n) is 3.76. The molecule has 0 fully saturated rings. The Morgan fingerprint density at radius 2 is 2.14 bits per heavy atom. The molecule has 2 heterocycles. The summed E-state index contributed by atoms with van der Waals surface area (Å²) in [6, 6.07) is 11.8. The summed E-state index contributed by atoms with van der Waals surface area (Å²) in [6.45, 7) is 0. The summed E-state index contributed by atoms with van der Waals surface area (Å²) < 4.78 is 5.80. The zero-order valence-corrected chi connectivity index (χ0v) is 11.8. The van der Waals surface area contributed by atoms with Crippen molar-refractivity contribution in [3.8, 4) is 10.8 Å². The molecular weight excluding hydrogens is 286 g/mol. The van der Waals surface area contributed by atoms with Gasteiger partial charge in [-0.1, -0.05) is 30.3 Å². The number of rotatable bonds is 3. The number of aromatic nitrogens is 1. The van der Waals surface area contributed by atoms with Gasteiger partial charge in [-0.05, 0) is 29.0 Å². The molecule has 0 aliphatic heterocycles. The van der Waals surface area contributed by atoms with Gasteiger partial charge in [0.05, 0.1) is 4.88 Å². The topological polar surface area (TPSA) is 63.3 Å². The largest absolute Gasteiger partial charge is 0.476 e. The number of carboxylic acid groups (broad SMARTS) is 1. The Hall–Kier alpha value is -2.40. The number of fused-ring (bicyclic) bond motifs is 1. The first-order valence-corrected chi connectivity index (χ1v) is 7.47.